The Balaban J connectivity index is 2.21. The minimum atomic E-state index is -0.656. The van der Waals surface area contributed by atoms with Crippen molar-refractivity contribution in [1.82, 2.24) is 5.32 Å². The van der Waals surface area contributed by atoms with Crippen molar-refractivity contribution in [3.05, 3.63) is 39.4 Å². The van der Waals surface area contributed by atoms with E-state index in [0.29, 0.717) is 5.56 Å². The molecule has 1 aromatic carbocycles. The zero-order chi connectivity index (χ0) is 14.9. The van der Waals surface area contributed by atoms with E-state index in [4.69, 9.17) is 0 Å². The lowest BCUT2D eigenvalue weighted by Gasteiger charge is -2.28. The maximum absolute atomic E-state index is 12.2. The van der Waals surface area contributed by atoms with E-state index >= 15 is 0 Å². The van der Waals surface area contributed by atoms with Crippen LogP contribution in [0, 0.1) is 23.0 Å². The molecule has 1 saturated carbocycles. The van der Waals surface area contributed by atoms with Crippen molar-refractivity contribution in [2.45, 2.75) is 32.2 Å². The van der Waals surface area contributed by atoms with Crippen LogP contribution in [0.4, 0.5) is 5.69 Å². The predicted octanol–water partition coefficient (Wildman–Crippen LogP) is 1.79. The molecule has 1 aliphatic rings. The number of hydrogen-bond donors (Lipinski definition) is 2. The van der Waals surface area contributed by atoms with Crippen molar-refractivity contribution >= 4 is 11.6 Å². The van der Waals surface area contributed by atoms with Gasteiger partial charge in [0, 0.05) is 17.2 Å². The fourth-order valence-corrected chi connectivity index (χ4v) is 2.27. The molecule has 2 N–H and O–H groups in total. The molecular weight excluding hydrogens is 260 g/mol. The van der Waals surface area contributed by atoms with Gasteiger partial charge in [0.15, 0.2) is 0 Å². The lowest BCUT2D eigenvalue weighted by Crippen LogP contribution is -2.50. The molecule has 1 aromatic rings. The number of amides is 1. The molecule has 1 aliphatic carbocycles. The summed E-state index contributed by atoms with van der Waals surface area (Å²) in [6.45, 7) is 3.28. The van der Waals surface area contributed by atoms with Crippen LogP contribution < -0.4 is 5.32 Å². The van der Waals surface area contributed by atoms with Crippen LogP contribution >= 0.6 is 0 Å². The lowest BCUT2D eigenvalue weighted by atomic mass is 9.96. The normalized spacial score (nSPS) is 17.4. The van der Waals surface area contributed by atoms with Crippen LogP contribution in [0.5, 0.6) is 0 Å². The molecule has 0 radical (unpaired) electrons. The minimum Gasteiger partial charge on any atom is -0.394 e. The van der Waals surface area contributed by atoms with Gasteiger partial charge >= 0.3 is 0 Å². The van der Waals surface area contributed by atoms with Crippen molar-refractivity contribution in [3.8, 4) is 0 Å². The number of rotatable bonds is 5. The number of nitro groups is 1. The number of benzene rings is 1. The molecular formula is C14H18N2O4. The number of hydrogen-bond acceptors (Lipinski definition) is 4. The second-order valence-electron chi connectivity index (χ2n) is 5.56. The van der Waals surface area contributed by atoms with Gasteiger partial charge in [0.2, 0.25) is 0 Å². The predicted molar refractivity (Wildman–Crippen MR) is 73.5 cm³/mol. The standard InChI is InChI=1S/C14H18N2O4/c1-9-3-4-10(7-12(9)16(19)20)13(18)15-14(2,8-17)11-5-6-11/h3-4,7,11,17H,5-6,8H2,1-2H3,(H,15,18). The highest BCUT2D eigenvalue weighted by atomic mass is 16.6. The van der Waals surface area contributed by atoms with Crippen molar-refractivity contribution < 1.29 is 14.8 Å². The first kappa shape index (κ1) is 14.5. The van der Waals surface area contributed by atoms with Gasteiger partial charge in [0.05, 0.1) is 17.1 Å². The summed E-state index contributed by atoms with van der Waals surface area (Å²) in [4.78, 5) is 22.6. The highest BCUT2D eigenvalue weighted by Crippen LogP contribution is 2.39. The summed E-state index contributed by atoms with van der Waals surface area (Å²) in [6, 6.07) is 4.39. The number of aliphatic hydroxyl groups excluding tert-OH is 1. The number of carbonyl (C=O) groups excluding carboxylic acids is 1. The van der Waals surface area contributed by atoms with Crippen molar-refractivity contribution in [2.75, 3.05) is 6.61 Å². The van der Waals surface area contributed by atoms with Crippen molar-refractivity contribution in [3.63, 3.8) is 0 Å². The van der Waals surface area contributed by atoms with Crippen LogP contribution in [0.1, 0.15) is 35.7 Å². The van der Waals surface area contributed by atoms with E-state index in [2.05, 4.69) is 5.32 Å². The molecule has 0 spiro atoms. The number of nitrogens with zero attached hydrogens (tertiary/aromatic N) is 1. The van der Waals surface area contributed by atoms with Gasteiger partial charge in [-0.1, -0.05) is 6.07 Å². The van der Waals surface area contributed by atoms with Gasteiger partial charge in [-0.25, -0.2) is 0 Å². The van der Waals surface area contributed by atoms with Gasteiger partial charge in [0.25, 0.3) is 11.6 Å². The molecule has 2 rings (SSSR count). The summed E-state index contributed by atoms with van der Waals surface area (Å²) in [6.07, 6.45) is 1.96. The number of carbonyl (C=O) groups is 1. The van der Waals surface area contributed by atoms with Gasteiger partial charge < -0.3 is 10.4 Å². The van der Waals surface area contributed by atoms with Gasteiger partial charge in [-0.3, -0.25) is 14.9 Å². The second-order valence-corrected chi connectivity index (χ2v) is 5.56. The summed E-state index contributed by atoms with van der Waals surface area (Å²) < 4.78 is 0. The van der Waals surface area contributed by atoms with Gasteiger partial charge in [-0.15, -0.1) is 0 Å². The van der Waals surface area contributed by atoms with Crippen molar-refractivity contribution in [1.29, 1.82) is 0 Å². The van der Waals surface area contributed by atoms with E-state index in [1.807, 2.05) is 0 Å². The first-order chi connectivity index (χ1) is 9.37. The molecule has 1 atom stereocenters. The number of nitro benzene ring substituents is 1. The molecule has 20 heavy (non-hydrogen) atoms. The average Bonchev–Trinajstić information content (AvgIpc) is 3.23. The molecule has 1 amide bonds. The zero-order valence-electron chi connectivity index (χ0n) is 11.5. The first-order valence-electron chi connectivity index (χ1n) is 6.56. The smallest absolute Gasteiger partial charge is 0.273 e. The Kier molecular flexibility index (Phi) is 3.76. The molecule has 0 aromatic heterocycles. The van der Waals surface area contributed by atoms with Crippen molar-refractivity contribution in [2.24, 2.45) is 5.92 Å². The van der Waals surface area contributed by atoms with E-state index in [9.17, 15) is 20.0 Å². The summed E-state index contributed by atoms with van der Waals surface area (Å²) in [5, 5.41) is 23.1. The average molecular weight is 278 g/mol. The zero-order valence-corrected chi connectivity index (χ0v) is 11.5. The Labute approximate surface area is 117 Å². The Bertz CT molecular complexity index is 554. The third kappa shape index (κ3) is 2.80. The Morgan fingerprint density at radius 2 is 2.20 bits per heavy atom. The fraction of sp³-hybridized carbons (Fsp3) is 0.500. The highest BCUT2D eigenvalue weighted by molar-refractivity contribution is 5.95. The highest BCUT2D eigenvalue weighted by Gasteiger charge is 2.42. The van der Waals surface area contributed by atoms with Crippen LogP contribution in [-0.4, -0.2) is 28.1 Å². The van der Waals surface area contributed by atoms with E-state index in [1.165, 1.54) is 6.07 Å². The molecule has 0 bridgehead atoms. The third-order valence-corrected chi connectivity index (χ3v) is 3.87. The number of aryl methyl sites for hydroxylation is 1. The van der Waals surface area contributed by atoms with E-state index in [0.717, 1.165) is 12.8 Å². The topological polar surface area (TPSA) is 92.5 Å². The van der Waals surface area contributed by atoms with Crippen LogP contribution in [0.2, 0.25) is 0 Å². The molecule has 6 nitrogen and oxygen atoms in total. The SMILES string of the molecule is Cc1ccc(C(=O)NC(C)(CO)C2CC2)cc1[N+](=O)[O-]. The fourth-order valence-electron chi connectivity index (χ4n) is 2.27. The van der Waals surface area contributed by atoms with Crippen LogP contribution in [-0.2, 0) is 0 Å². The Hall–Kier alpha value is -1.95. The van der Waals surface area contributed by atoms with E-state index in [-0.39, 0.29) is 23.8 Å². The third-order valence-electron chi connectivity index (χ3n) is 3.87. The quantitative estimate of drug-likeness (QED) is 0.634. The maximum atomic E-state index is 12.2. The number of nitrogens with one attached hydrogen (secondary N) is 1. The molecule has 0 aliphatic heterocycles. The first-order valence-corrected chi connectivity index (χ1v) is 6.56. The lowest BCUT2D eigenvalue weighted by molar-refractivity contribution is -0.385. The Morgan fingerprint density at radius 3 is 2.70 bits per heavy atom. The summed E-state index contributed by atoms with van der Waals surface area (Å²) in [5.41, 5.74) is 0.0209. The summed E-state index contributed by atoms with van der Waals surface area (Å²) >= 11 is 0. The van der Waals surface area contributed by atoms with Crippen LogP contribution in [0.25, 0.3) is 0 Å². The van der Waals surface area contributed by atoms with Gasteiger partial charge in [-0.2, -0.15) is 0 Å². The molecule has 6 heteroatoms. The monoisotopic (exact) mass is 278 g/mol. The van der Waals surface area contributed by atoms with Crippen LogP contribution in [0.3, 0.4) is 0 Å². The largest absolute Gasteiger partial charge is 0.394 e. The van der Waals surface area contributed by atoms with Gasteiger partial charge in [0.1, 0.15) is 0 Å². The maximum Gasteiger partial charge on any atom is 0.273 e. The van der Waals surface area contributed by atoms with E-state index in [1.54, 1.807) is 26.0 Å². The number of aliphatic hydroxyl groups is 1. The second kappa shape index (κ2) is 5.20. The van der Waals surface area contributed by atoms with E-state index < -0.39 is 16.4 Å². The molecule has 0 heterocycles. The van der Waals surface area contributed by atoms with Gasteiger partial charge in [-0.05, 0) is 38.7 Å². The molecule has 0 saturated heterocycles. The minimum absolute atomic E-state index is 0.0743. The molecule has 1 fully saturated rings. The summed E-state index contributed by atoms with van der Waals surface area (Å²) in [5.74, 6) is -0.117. The Morgan fingerprint density at radius 1 is 1.55 bits per heavy atom. The molecule has 1 unspecified atom stereocenters. The summed E-state index contributed by atoms with van der Waals surface area (Å²) in [7, 11) is 0. The molecule has 108 valence electrons. The van der Waals surface area contributed by atoms with Crippen LogP contribution in [0.15, 0.2) is 18.2 Å².